The largest absolute Gasteiger partial charge is 0.488 e. The zero-order valence-electron chi connectivity index (χ0n) is 11.5. The molecule has 0 fully saturated rings. The summed E-state index contributed by atoms with van der Waals surface area (Å²) in [5.74, 6) is 6.29. The van der Waals surface area contributed by atoms with Crippen LogP contribution in [0.3, 0.4) is 0 Å². The number of hydrogen-bond acceptors (Lipinski definition) is 5. The fourth-order valence-corrected chi connectivity index (χ4v) is 3.06. The third kappa shape index (κ3) is 4.60. The van der Waals surface area contributed by atoms with Crippen molar-refractivity contribution in [3.8, 4) is 17.6 Å². The van der Waals surface area contributed by atoms with E-state index in [4.69, 9.17) is 10.5 Å². The standard InChI is InChI=1S/C15H15NO3S2/c1-21(17,18)15-6-2-4-12(10-15)19-11-14-8-7-13(20-14)5-3-9-16/h2,4,6-8,10H,9,11,16H2,1H3. The molecule has 0 bridgehead atoms. The Labute approximate surface area is 128 Å². The van der Waals surface area contributed by atoms with Crippen LogP contribution in [0.1, 0.15) is 9.75 Å². The van der Waals surface area contributed by atoms with Crippen LogP contribution in [0.4, 0.5) is 0 Å². The number of nitrogens with two attached hydrogens (primary N) is 1. The summed E-state index contributed by atoms with van der Waals surface area (Å²) in [6.45, 7) is 0.713. The van der Waals surface area contributed by atoms with Gasteiger partial charge in [0.1, 0.15) is 12.4 Å². The molecule has 0 spiro atoms. The van der Waals surface area contributed by atoms with Crippen LogP contribution in [-0.2, 0) is 16.4 Å². The van der Waals surface area contributed by atoms with Crippen LogP contribution < -0.4 is 10.5 Å². The van der Waals surface area contributed by atoms with Gasteiger partial charge in [-0.25, -0.2) is 8.42 Å². The minimum absolute atomic E-state index is 0.251. The summed E-state index contributed by atoms with van der Waals surface area (Å²) in [4.78, 5) is 2.20. The van der Waals surface area contributed by atoms with Gasteiger partial charge in [0.25, 0.3) is 0 Å². The Bertz CT molecular complexity index is 782. The molecule has 1 aromatic carbocycles. The van der Waals surface area contributed by atoms with E-state index in [1.807, 2.05) is 12.1 Å². The van der Waals surface area contributed by atoms with E-state index in [-0.39, 0.29) is 4.90 Å². The van der Waals surface area contributed by atoms with Gasteiger partial charge in [-0.15, -0.1) is 11.3 Å². The molecule has 0 aliphatic carbocycles. The molecule has 110 valence electrons. The average Bonchev–Trinajstić information content (AvgIpc) is 2.90. The van der Waals surface area contributed by atoms with Gasteiger partial charge < -0.3 is 10.5 Å². The minimum Gasteiger partial charge on any atom is -0.488 e. The van der Waals surface area contributed by atoms with E-state index in [0.29, 0.717) is 18.9 Å². The van der Waals surface area contributed by atoms with Crippen molar-refractivity contribution in [2.45, 2.75) is 11.5 Å². The quantitative estimate of drug-likeness (QED) is 0.875. The van der Waals surface area contributed by atoms with Crippen molar-refractivity contribution in [2.24, 2.45) is 5.73 Å². The van der Waals surface area contributed by atoms with Crippen LogP contribution in [0.2, 0.25) is 0 Å². The van der Waals surface area contributed by atoms with Crippen molar-refractivity contribution in [1.29, 1.82) is 0 Å². The highest BCUT2D eigenvalue weighted by Gasteiger charge is 2.08. The Balaban J connectivity index is 2.05. The van der Waals surface area contributed by atoms with Gasteiger partial charge in [-0.3, -0.25) is 0 Å². The Kier molecular flexibility index (Phi) is 5.02. The van der Waals surface area contributed by atoms with Gasteiger partial charge in [-0.2, -0.15) is 0 Å². The zero-order valence-corrected chi connectivity index (χ0v) is 13.1. The molecule has 0 atom stereocenters. The summed E-state index contributed by atoms with van der Waals surface area (Å²) in [5.41, 5.74) is 5.32. The maximum Gasteiger partial charge on any atom is 0.175 e. The second-order valence-electron chi connectivity index (χ2n) is 4.31. The van der Waals surface area contributed by atoms with E-state index < -0.39 is 9.84 Å². The Morgan fingerprint density at radius 1 is 1.29 bits per heavy atom. The van der Waals surface area contributed by atoms with Crippen LogP contribution in [0.25, 0.3) is 0 Å². The predicted molar refractivity (Wildman–Crippen MR) is 84.1 cm³/mol. The van der Waals surface area contributed by atoms with Crippen molar-refractivity contribution in [3.05, 3.63) is 46.2 Å². The van der Waals surface area contributed by atoms with E-state index in [0.717, 1.165) is 9.75 Å². The molecular weight excluding hydrogens is 306 g/mol. The molecular formula is C15H15NO3S2. The highest BCUT2D eigenvalue weighted by molar-refractivity contribution is 7.90. The van der Waals surface area contributed by atoms with Crippen molar-refractivity contribution in [3.63, 3.8) is 0 Å². The maximum absolute atomic E-state index is 11.5. The molecule has 21 heavy (non-hydrogen) atoms. The lowest BCUT2D eigenvalue weighted by molar-refractivity contribution is 0.309. The number of ether oxygens (including phenoxy) is 1. The second-order valence-corrected chi connectivity index (χ2v) is 7.49. The molecule has 0 aliphatic heterocycles. The van der Waals surface area contributed by atoms with E-state index in [1.165, 1.54) is 23.7 Å². The first-order valence-electron chi connectivity index (χ1n) is 6.19. The Hall–Kier alpha value is -1.81. The lowest BCUT2D eigenvalue weighted by atomic mass is 10.3. The monoisotopic (exact) mass is 321 g/mol. The first-order chi connectivity index (χ1) is 9.99. The SMILES string of the molecule is CS(=O)(=O)c1cccc(OCc2ccc(C#CCN)s2)c1. The number of thiophene rings is 1. The van der Waals surface area contributed by atoms with Crippen molar-refractivity contribution in [1.82, 2.24) is 0 Å². The van der Waals surface area contributed by atoms with E-state index >= 15 is 0 Å². The molecule has 0 unspecified atom stereocenters. The van der Waals surface area contributed by atoms with Crippen LogP contribution >= 0.6 is 11.3 Å². The number of benzene rings is 1. The molecule has 0 saturated heterocycles. The van der Waals surface area contributed by atoms with E-state index in [2.05, 4.69) is 11.8 Å². The molecule has 1 aromatic heterocycles. The highest BCUT2D eigenvalue weighted by Crippen LogP contribution is 2.21. The van der Waals surface area contributed by atoms with Gasteiger partial charge in [0.15, 0.2) is 9.84 Å². The van der Waals surface area contributed by atoms with Crippen molar-refractivity contribution in [2.75, 3.05) is 12.8 Å². The fraction of sp³-hybridized carbons (Fsp3) is 0.200. The normalized spacial score (nSPS) is 10.8. The molecule has 1 heterocycles. The summed E-state index contributed by atoms with van der Waals surface area (Å²) in [6.07, 6.45) is 1.17. The van der Waals surface area contributed by atoms with E-state index in [1.54, 1.807) is 18.2 Å². The summed E-state index contributed by atoms with van der Waals surface area (Å²) in [5, 5.41) is 0. The molecule has 0 amide bonds. The lowest BCUT2D eigenvalue weighted by Gasteiger charge is -2.06. The van der Waals surface area contributed by atoms with Crippen LogP contribution in [0, 0.1) is 11.8 Å². The molecule has 4 nitrogen and oxygen atoms in total. The lowest BCUT2D eigenvalue weighted by Crippen LogP contribution is -1.98. The van der Waals surface area contributed by atoms with Gasteiger partial charge in [-0.05, 0) is 30.3 Å². The number of sulfone groups is 1. The second kappa shape index (κ2) is 6.76. The first kappa shape index (κ1) is 15.6. The fourth-order valence-electron chi connectivity index (χ4n) is 1.61. The summed E-state index contributed by atoms with van der Waals surface area (Å²) in [6, 6.07) is 10.3. The molecule has 6 heteroatoms. The van der Waals surface area contributed by atoms with Crippen LogP contribution in [0.15, 0.2) is 41.3 Å². The Morgan fingerprint density at radius 2 is 2.10 bits per heavy atom. The van der Waals surface area contributed by atoms with Crippen LogP contribution in [0.5, 0.6) is 5.75 Å². The van der Waals surface area contributed by atoms with E-state index in [9.17, 15) is 8.42 Å². The highest BCUT2D eigenvalue weighted by atomic mass is 32.2. The van der Waals surface area contributed by atoms with Crippen LogP contribution in [-0.4, -0.2) is 21.2 Å². The molecule has 2 N–H and O–H groups in total. The summed E-state index contributed by atoms with van der Waals surface area (Å²) >= 11 is 1.53. The smallest absolute Gasteiger partial charge is 0.175 e. The molecule has 0 aliphatic rings. The maximum atomic E-state index is 11.5. The number of hydrogen-bond donors (Lipinski definition) is 1. The summed E-state index contributed by atoms with van der Waals surface area (Å²) < 4.78 is 28.6. The molecule has 2 rings (SSSR count). The van der Waals surface area contributed by atoms with Gasteiger partial charge in [0.2, 0.25) is 0 Å². The Morgan fingerprint density at radius 3 is 2.81 bits per heavy atom. The van der Waals surface area contributed by atoms with Crippen molar-refractivity contribution >= 4 is 21.2 Å². The molecule has 2 aromatic rings. The van der Waals surface area contributed by atoms with Gasteiger partial charge >= 0.3 is 0 Å². The average molecular weight is 321 g/mol. The topological polar surface area (TPSA) is 69.4 Å². The minimum atomic E-state index is -3.22. The zero-order chi connectivity index (χ0) is 15.3. The van der Waals surface area contributed by atoms with Crippen molar-refractivity contribution < 1.29 is 13.2 Å². The van der Waals surface area contributed by atoms with Gasteiger partial charge in [0, 0.05) is 11.1 Å². The molecule has 0 saturated carbocycles. The summed E-state index contributed by atoms with van der Waals surface area (Å²) in [7, 11) is -3.22. The third-order valence-electron chi connectivity index (χ3n) is 2.59. The molecule has 0 radical (unpaired) electrons. The van der Waals surface area contributed by atoms with Gasteiger partial charge in [0.05, 0.1) is 16.3 Å². The predicted octanol–water partition coefficient (Wildman–Crippen LogP) is 2.04. The third-order valence-corrected chi connectivity index (χ3v) is 4.67. The van der Waals surface area contributed by atoms with Gasteiger partial charge in [-0.1, -0.05) is 17.9 Å². The first-order valence-corrected chi connectivity index (χ1v) is 8.90. The number of rotatable bonds is 4.